The van der Waals surface area contributed by atoms with Gasteiger partial charge in [0.25, 0.3) is 0 Å². The zero-order valence-corrected chi connectivity index (χ0v) is 24.7. The van der Waals surface area contributed by atoms with Crippen molar-refractivity contribution < 1.29 is 27.5 Å². The van der Waals surface area contributed by atoms with Crippen LogP contribution in [0.5, 0.6) is 17.2 Å². The lowest BCUT2D eigenvalue weighted by atomic mass is 9.95. The molecular formula is C36H27N3O6. The molecule has 7 aromatic rings. The zero-order chi connectivity index (χ0) is 30.8. The Balaban J connectivity index is 1.50. The number of rotatable bonds is 9. The molecule has 0 amide bonds. The molecule has 0 bridgehead atoms. The minimum absolute atomic E-state index is 0.444. The van der Waals surface area contributed by atoms with Gasteiger partial charge in [-0.1, -0.05) is 0 Å². The first-order valence-corrected chi connectivity index (χ1v) is 14.1. The Morgan fingerprint density at radius 2 is 0.600 bits per heavy atom. The third-order valence-electron chi connectivity index (χ3n) is 7.43. The van der Waals surface area contributed by atoms with Crippen molar-refractivity contribution in [3.05, 3.63) is 110 Å². The lowest BCUT2D eigenvalue weighted by molar-refractivity contribution is 0.377. The minimum Gasteiger partial charge on any atom is -0.495 e. The average Bonchev–Trinajstić information content (AvgIpc) is 3.90. The third kappa shape index (κ3) is 5.00. The molecule has 0 fully saturated rings. The van der Waals surface area contributed by atoms with Crippen LogP contribution in [0.25, 0.3) is 67.9 Å². The van der Waals surface area contributed by atoms with Crippen molar-refractivity contribution in [1.29, 1.82) is 0 Å². The van der Waals surface area contributed by atoms with Crippen LogP contribution in [-0.2, 0) is 0 Å². The number of furan rings is 3. The van der Waals surface area contributed by atoms with E-state index in [0.29, 0.717) is 68.5 Å². The van der Waals surface area contributed by atoms with Crippen LogP contribution >= 0.6 is 0 Å². The molecule has 6 heterocycles. The average molecular weight is 598 g/mol. The van der Waals surface area contributed by atoms with Gasteiger partial charge in [-0.05, 0) is 72.8 Å². The molecule has 6 aromatic heterocycles. The van der Waals surface area contributed by atoms with E-state index < -0.39 is 0 Å². The van der Waals surface area contributed by atoms with Gasteiger partial charge in [-0.3, -0.25) is 15.0 Å². The van der Waals surface area contributed by atoms with Crippen LogP contribution in [0.2, 0.25) is 0 Å². The summed E-state index contributed by atoms with van der Waals surface area (Å²) in [5.74, 6) is 4.86. The van der Waals surface area contributed by atoms with Gasteiger partial charge in [0.15, 0.2) is 0 Å². The van der Waals surface area contributed by atoms with Crippen LogP contribution < -0.4 is 14.2 Å². The molecule has 0 spiro atoms. The van der Waals surface area contributed by atoms with Crippen molar-refractivity contribution in [3.8, 4) is 85.2 Å². The Kier molecular flexibility index (Phi) is 7.33. The van der Waals surface area contributed by atoms with Gasteiger partial charge in [0, 0.05) is 53.9 Å². The molecule has 0 aliphatic heterocycles. The Hall–Kier alpha value is -6.09. The van der Waals surface area contributed by atoms with Gasteiger partial charge >= 0.3 is 0 Å². The molecule has 222 valence electrons. The molecule has 0 aliphatic carbocycles. The topological polar surface area (TPSA) is 106 Å². The molecular weight excluding hydrogens is 570 g/mol. The van der Waals surface area contributed by atoms with Crippen molar-refractivity contribution in [2.75, 3.05) is 21.3 Å². The number of hydrogen-bond donors (Lipinski definition) is 0. The zero-order valence-electron chi connectivity index (χ0n) is 24.7. The quantitative estimate of drug-likeness (QED) is 0.162. The number of pyridine rings is 3. The fourth-order valence-corrected chi connectivity index (χ4v) is 5.40. The highest BCUT2D eigenvalue weighted by Crippen LogP contribution is 2.57. The van der Waals surface area contributed by atoms with Crippen LogP contribution in [0.15, 0.2) is 123 Å². The largest absolute Gasteiger partial charge is 0.495 e. The number of nitrogens with zero attached hydrogens (tertiary/aromatic N) is 3. The number of methoxy groups -OCH3 is 3. The van der Waals surface area contributed by atoms with E-state index in [9.17, 15) is 0 Å². The fourth-order valence-electron chi connectivity index (χ4n) is 5.40. The molecule has 7 rings (SSSR count). The van der Waals surface area contributed by atoms with Gasteiger partial charge in [-0.2, -0.15) is 0 Å². The standard InChI is InChI=1S/C36H27N3O6/c1-40-34-31(28-7-4-25(43-28)22-10-16-37-17-11-22)35(41-2)33(30-9-6-27(45-30)24-14-20-39-21-15-24)36(42-3)32(34)29-8-5-26(44-29)23-12-18-38-19-13-23/h4-21H,1-3H3. The fraction of sp³-hybridized carbons (Fsp3) is 0.0833. The van der Waals surface area contributed by atoms with Crippen LogP contribution in [0.3, 0.4) is 0 Å². The summed E-state index contributed by atoms with van der Waals surface area (Å²) in [6.07, 6.45) is 10.3. The monoisotopic (exact) mass is 597 g/mol. The van der Waals surface area contributed by atoms with Gasteiger partial charge in [0.05, 0.1) is 21.3 Å². The smallest absolute Gasteiger partial charge is 0.148 e. The second kappa shape index (κ2) is 11.9. The van der Waals surface area contributed by atoms with Crippen molar-refractivity contribution in [1.82, 2.24) is 15.0 Å². The highest BCUT2D eigenvalue weighted by atomic mass is 16.5. The first-order chi connectivity index (χ1) is 22.2. The molecule has 9 nitrogen and oxygen atoms in total. The number of aromatic nitrogens is 3. The summed E-state index contributed by atoms with van der Waals surface area (Å²) in [7, 11) is 4.78. The SMILES string of the molecule is COc1c(-c2ccc(-c3ccncc3)o2)c(OC)c(-c2ccc(-c3ccncc3)o2)c(OC)c1-c1ccc(-c2ccncc2)o1. The van der Waals surface area contributed by atoms with E-state index in [-0.39, 0.29) is 0 Å². The summed E-state index contributed by atoms with van der Waals surface area (Å²) >= 11 is 0. The normalized spacial score (nSPS) is 11.0. The number of ether oxygens (including phenoxy) is 3. The molecule has 0 N–H and O–H groups in total. The summed E-state index contributed by atoms with van der Waals surface area (Å²) in [4.78, 5) is 12.4. The maximum atomic E-state index is 6.44. The van der Waals surface area contributed by atoms with E-state index in [1.807, 2.05) is 72.8 Å². The van der Waals surface area contributed by atoms with Crippen LogP contribution in [0, 0.1) is 0 Å². The van der Waals surface area contributed by atoms with Crippen molar-refractivity contribution >= 4 is 0 Å². The summed E-state index contributed by atoms with van der Waals surface area (Å²) in [5, 5.41) is 0. The first kappa shape index (κ1) is 27.7. The van der Waals surface area contributed by atoms with Crippen LogP contribution in [0.4, 0.5) is 0 Å². The lowest BCUT2D eigenvalue weighted by Gasteiger charge is -2.22. The summed E-state index contributed by atoms with van der Waals surface area (Å²) in [6.45, 7) is 0. The predicted octanol–water partition coefficient (Wildman–Crippen LogP) is 8.68. The lowest BCUT2D eigenvalue weighted by Crippen LogP contribution is -2.02. The molecule has 0 radical (unpaired) electrons. The van der Waals surface area contributed by atoms with Crippen LogP contribution in [-0.4, -0.2) is 36.3 Å². The summed E-state index contributed by atoms with van der Waals surface area (Å²) in [6, 6.07) is 22.6. The molecule has 0 unspecified atom stereocenters. The van der Waals surface area contributed by atoms with E-state index in [1.165, 1.54) is 0 Å². The number of benzene rings is 1. The van der Waals surface area contributed by atoms with E-state index >= 15 is 0 Å². The van der Waals surface area contributed by atoms with Gasteiger partial charge < -0.3 is 27.5 Å². The summed E-state index contributed by atoms with van der Waals surface area (Å²) < 4.78 is 37.7. The molecule has 0 aliphatic rings. The summed E-state index contributed by atoms with van der Waals surface area (Å²) in [5.41, 5.74) is 4.33. The maximum Gasteiger partial charge on any atom is 0.148 e. The minimum atomic E-state index is 0.444. The van der Waals surface area contributed by atoms with Crippen molar-refractivity contribution in [2.45, 2.75) is 0 Å². The second-order valence-corrected chi connectivity index (χ2v) is 9.92. The van der Waals surface area contributed by atoms with Crippen molar-refractivity contribution in [3.63, 3.8) is 0 Å². The van der Waals surface area contributed by atoms with Gasteiger partial charge in [0.2, 0.25) is 0 Å². The third-order valence-corrected chi connectivity index (χ3v) is 7.43. The highest BCUT2D eigenvalue weighted by molar-refractivity contribution is 5.97. The van der Waals surface area contributed by atoms with E-state index in [2.05, 4.69) is 15.0 Å². The maximum absolute atomic E-state index is 6.44. The van der Waals surface area contributed by atoms with Gasteiger partial charge in [-0.15, -0.1) is 0 Å². The van der Waals surface area contributed by atoms with Crippen LogP contribution in [0.1, 0.15) is 0 Å². The van der Waals surface area contributed by atoms with E-state index in [0.717, 1.165) is 16.7 Å². The van der Waals surface area contributed by atoms with Crippen molar-refractivity contribution in [2.24, 2.45) is 0 Å². The molecule has 45 heavy (non-hydrogen) atoms. The molecule has 0 saturated heterocycles. The first-order valence-electron chi connectivity index (χ1n) is 14.1. The molecule has 9 heteroatoms. The highest BCUT2D eigenvalue weighted by Gasteiger charge is 2.33. The Bertz CT molecular complexity index is 1810. The van der Waals surface area contributed by atoms with Gasteiger partial charge in [-0.25, -0.2) is 0 Å². The van der Waals surface area contributed by atoms with E-state index in [1.54, 1.807) is 58.5 Å². The van der Waals surface area contributed by atoms with E-state index in [4.69, 9.17) is 27.5 Å². The van der Waals surface area contributed by atoms with Gasteiger partial charge in [0.1, 0.15) is 68.5 Å². The Morgan fingerprint density at radius 3 is 0.844 bits per heavy atom. The Labute approximate surface area is 258 Å². The molecule has 1 aromatic carbocycles. The molecule has 0 saturated carbocycles. The predicted molar refractivity (Wildman–Crippen MR) is 169 cm³/mol. The second-order valence-electron chi connectivity index (χ2n) is 9.92. The number of hydrogen-bond acceptors (Lipinski definition) is 9. The molecule has 0 atom stereocenters. The Morgan fingerprint density at radius 1 is 0.356 bits per heavy atom.